The molecule has 0 aliphatic heterocycles. The summed E-state index contributed by atoms with van der Waals surface area (Å²) in [7, 11) is 1.61. The van der Waals surface area contributed by atoms with Gasteiger partial charge in [-0.25, -0.2) is 4.39 Å². The van der Waals surface area contributed by atoms with Crippen molar-refractivity contribution in [2.45, 2.75) is 12.8 Å². The first-order valence-electron chi connectivity index (χ1n) is 6.36. The van der Waals surface area contributed by atoms with Crippen molar-refractivity contribution >= 4 is 11.6 Å². The van der Waals surface area contributed by atoms with E-state index in [1.54, 1.807) is 19.2 Å². The van der Waals surface area contributed by atoms with Gasteiger partial charge in [0.05, 0.1) is 7.11 Å². The zero-order valence-electron chi connectivity index (χ0n) is 11.2. The molecule has 0 saturated carbocycles. The molecular weight excluding hydrogens is 257 g/mol. The maximum Gasteiger partial charge on any atom is 0.224 e. The summed E-state index contributed by atoms with van der Waals surface area (Å²) in [5.41, 5.74) is 1.53. The second-order valence-corrected chi connectivity index (χ2v) is 4.41. The number of anilines is 1. The highest BCUT2D eigenvalue weighted by Crippen LogP contribution is 2.13. The lowest BCUT2D eigenvalue weighted by atomic mass is 10.1. The predicted molar refractivity (Wildman–Crippen MR) is 76.3 cm³/mol. The number of ether oxygens (including phenoxy) is 1. The average molecular weight is 273 g/mol. The first-order chi connectivity index (χ1) is 9.67. The van der Waals surface area contributed by atoms with Gasteiger partial charge in [-0.2, -0.15) is 0 Å². The molecule has 0 bridgehead atoms. The lowest BCUT2D eigenvalue weighted by Gasteiger charge is -2.06. The van der Waals surface area contributed by atoms with Gasteiger partial charge in [0.15, 0.2) is 0 Å². The molecule has 20 heavy (non-hydrogen) atoms. The second kappa shape index (κ2) is 6.70. The molecule has 4 heteroatoms. The zero-order chi connectivity index (χ0) is 14.4. The zero-order valence-corrected chi connectivity index (χ0v) is 11.2. The molecule has 0 unspecified atom stereocenters. The molecule has 0 spiro atoms. The molecule has 2 aromatic rings. The standard InChI is InChI=1S/C16H16FNO2/c1-20-15-8-5-12(6-9-15)7-10-16(19)18-14-4-2-3-13(17)11-14/h2-6,8-9,11H,7,10H2,1H3,(H,18,19). The summed E-state index contributed by atoms with van der Waals surface area (Å²) in [5, 5.41) is 2.67. The van der Waals surface area contributed by atoms with Gasteiger partial charge < -0.3 is 10.1 Å². The van der Waals surface area contributed by atoms with E-state index >= 15 is 0 Å². The third-order valence-electron chi connectivity index (χ3n) is 2.91. The Morgan fingerprint density at radius 3 is 2.60 bits per heavy atom. The molecule has 104 valence electrons. The van der Waals surface area contributed by atoms with E-state index in [4.69, 9.17) is 4.74 Å². The Morgan fingerprint density at radius 1 is 1.20 bits per heavy atom. The number of benzene rings is 2. The Hall–Kier alpha value is -2.36. The van der Waals surface area contributed by atoms with Crippen LogP contribution in [0.1, 0.15) is 12.0 Å². The Kier molecular flexibility index (Phi) is 4.71. The van der Waals surface area contributed by atoms with Crippen molar-refractivity contribution in [3.63, 3.8) is 0 Å². The van der Waals surface area contributed by atoms with Crippen LogP contribution in [0.2, 0.25) is 0 Å². The number of hydrogen-bond donors (Lipinski definition) is 1. The van der Waals surface area contributed by atoms with Crippen LogP contribution in [0.15, 0.2) is 48.5 Å². The summed E-state index contributed by atoms with van der Waals surface area (Å²) < 4.78 is 18.0. The lowest BCUT2D eigenvalue weighted by Crippen LogP contribution is -2.12. The fraction of sp³-hybridized carbons (Fsp3) is 0.188. The van der Waals surface area contributed by atoms with Crippen LogP contribution in [0.5, 0.6) is 5.75 Å². The fourth-order valence-corrected chi connectivity index (χ4v) is 1.84. The van der Waals surface area contributed by atoms with Gasteiger partial charge >= 0.3 is 0 Å². The number of methoxy groups -OCH3 is 1. The highest BCUT2D eigenvalue weighted by Gasteiger charge is 2.04. The molecule has 3 nitrogen and oxygen atoms in total. The number of carbonyl (C=O) groups excluding carboxylic acids is 1. The van der Waals surface area contributed by atoms with Gasteiger partial charge in [0.25, 0.3) is 0 Å². The Balaban J connectivity index is 1.85. The number of carbonyl (C=O) groups is 1. The molecule has 0 aliphatic carbocycles. The molecule has 0 radical (unpaired) electrons. The third kappa shape index (κ3) is 4.09. The number of amides is 1. The SMILES string of the molecule is COc1ccc(CCC(=O)Nc2cccc(F)c2)cc1. The predicted octanol–water partition coefficient (Wildman–Crippen LogP) is 3.41. The minimum atomic E-state index is -0.363. The summed E-state index contributed by atoms with van der Waals surface area (Å²) in [6, 6.07) is 13.4. The molecule has 0 saturated heterocycles. The molecular formula is C16H16FNO2. The van der Waals surface area contributed by atoms with Crippen molar-refractivity contribution in [1.29, 1.82) is 0 Å². The first-order valence-corrected chi connectivity index (χ1v) is 6.36. The summed E-state index contributed by atoms with van der Waals surface area (Å²) in [6.07, 6.45) is 0.980. The number of rotatable bonds is 5. The largest absolute Gasteiger partial charge is 0.497 e. The van der Waals surface area contributed by atoms with Crippen molar-refractivity contribution in [3.8, 4) is 5.75 Å². The molecule has 0 aromatic heterocycles. The minimum Gasteiger partial charge on any atom is -0.497 e. The average Bonchev–Trinajstić information content (AvgIpc) is 2.46. The molecule has 0 fully saturated rings. The Labute approximate surface area is 117 Å². The van der Waals surface area contributed by atoms with Crippen LogP contribution in [0, 0.1) is 5.82 Å². The van der Waals surface area contributed by atoms with E-state index < -0.39 is 0 Å². The number of aryl methyl sites for hydroxylation is 1. The van der Waals surface area contributed by atoms with E-state index in [0.717, 1.165) is 11.3 Å². The van der Waals surface area contributed by atoms with E-state index in [-0.39, 0.29) is 11.7 Å². The summed E-state index contributed by atoms with van der Waals surface area (Å²) in [6.45, 7) is 0. The maximum atomic E-state index is 13.0. The van der Waals surface area contributed by atoms with Crippen molar-refractivity contribution in [3.05, 3.63) is 59.9 Å². The van der Waals surface area contributed by atoms with Crippen LogP contribution >= 0.6 is 0 Å². The summed E-state index contributed by atoms with van der Waals surface area (Å²) in [4.78, 5) is 11.8. The third-order valence-corrected chi connectivity index (χ3v) is 2.91. The van der Waals surface area contributed by atoms with Crippen LogP contribution in [-0.4, -0.2) is 13.0 Å². The van der Waals surface area contributed by atoms with E-state index in [9.17, 15) is 9.18 Å². The van der Waals surface area contributed by atoms with Gasteiger partial charge in [0, 0.05) is 12.1 Å². The van der Waals surface area contributed by atoms with Crippen molar-refractivity contribution in [2.75, 3.05) is 12.4 Å². The topological polar surface area (TPSA) is 38.3 Å². The Morgan fingerprint density at radius 2 is 1.95 bits per heavy atom. The van der Waals surface area contributed by atoms with Crippen molar-refractivity contribution < 1.29 is 13.9 Å². The molecule has 0 aliphatic rings. The number of halogens is 1. The highest BCUT2D eigenvalue weighted by molar-refractivity contribution is 5.90. The van der Waals surface area contributed by atoms with Gasteiger partial charge in [-0.3, -0.25) is 4.79 Å². The monoisotopic (exact) mass is 273 g/mol. The van der Waals surface area contributed by atoms with Gasteiger partial charge in [-0.05, 0) is 42.3 Å². The van der Waals surface area contributed by atoms with E-state index in [0.29, 0.717) is 18.5 Å². The summed E-state index contributed by atoms with van der Waals surface area (Å²) in [5.74, 6) is 0.294. The normalized spacial score (nSPS) is 10.1. The highest BCUT2D eigenvalue weighted by atomic mass is 19.1. The maximum absolute atomic E-state index is 13.0. The molecule has 2 aromatic carbocycles. The number of hydrogen-bond acceptors (Lipinski definition) is 2. The van der Waals surface area contributed by atoms with E-state index in [2.05, 4.69) is 5.32 Å². The fourth-order valence-electron chi connectivity index (χ4n) is 1.84. The lowest BCUT2D eigenvalue weighted by molar-refractivity contribution is -0.116. The van der Waals surface area contributed by atoms with Gasteiger partial charge in [0.2, 0.25) is 5.91 Å². The van der Waals surface area contributed by atoms with E-state index in [1.807, 2.05) is 24.3 Å². The van der Waals surface area contributed by atoms with Crippen LogP contribution in [-0.2, 0) is 11.2 Å². The van der Waals surface area contributed by atoms with Gasteiger partial charge in [0.1, 0.15) is 11.6 Å². The molecule has 2 rings (SSSR count). The smallest absolute Gasteiger partial charge is 0.224 e. The quantitative estimate of drug-likeness (QED) is 0.906. The molecule has 0 atom stereocenters. The van der Waals surface area contributed by atoms with Gasteiger partial charge in [-0.15, -0.1) is 0 Å². The van der Waals surface area contributed by atoms with Gasteiger partial charge in [-0.1, -0.05) is 18.2 Å². The molecule has 1 N–H and O–H groups in total. The van der Waals surface area contributed by atoms with Crippen molar-refractivity contribution in [1.82, 2.24) is 0 Å². The van der Waals surface area contributed by atoms with Crippen molar-refractivity contribution in [2.24, 2.45) is 0 Å². The van der Waals surface area contributed by atoms with Crippen LogP contribution in [0.25, 0.3) is 0 Å². The van der Waals surface area contributed by atoms with Crippen LogP contribution in [0.4, 0.5) is 10.1 Å². The number of nitrogens with one attached hydrogen (secondary N) is 1. The van der Waals surface area contributed by atoms with E-state index in [1.165, 1.54) is 12.1 Å². The Bertz CT molecular complexity index is 581. The second-order valence-electron chi connectivity index (χ2n) is 4.41. The molecule has 0 heterocycles. The minimum absolute atomic E-state index is 0.133. The molecule has 1 amide bonds. The van der Waals surface area contributed by atoms with Crippen LogP contribution in [0.3, 0.4) is 0 Å². The first kappa shape index (κ1) is 14.1. The summed E-state index contributed by atoms with van der Waals surface area (Å²) >= 11 is 0. The van der Waals surface area contributed by atoms with Crippen LogP contribution < -0.4 is 10.1 Å².